The second-order valence-electron chi connectivity index (χ2n) is 5.97. The van der Waals surface area contributed by atoms with Crippen LogP contribution < -0.4 is 5.73 Å². The number of hydrogen-bond donors (Lipinski definition) is 1. The molecule has 0 saturated carbocycles. The molecule has 9 heteroatoms. The summed E-state index contributed by atoms with van der Waals surface area (Å²) >= 11 is 0. The van der Waals surface area contributed by atoms with Crippen molar-refractivity contribution in [1.82, 2.24) is 24.9 Å². The van der Waals surface area contributed by atoms with Gasteiger partial charge in [-0.1, -0.05) is 23.4 Å². The monoisotopic (exact) mass is 375 g/mol. The van der Waals surface area contributed by atoms with Crippen molar-refractivity contribution in [2.45, 2.75) is 13.0 Å². The van der Waals surface area contributed by atoms with Crippen LogP contribution in [0.15, 0.2) is 53.4 Å². The maximum atomic E-state index is 13.9. The van der Waals surface area contributed by atoms with Crippen LogP contribution in [0.3, 0.4) is 0 Å². The number of benzene rings is 1. The SMILES string of the molecule is N#Cc1cnc(-c2cc(-c3ccon3)n(CCc3ccccc3F)n2)nc1N. The van der Waals surface area contributed by atoms with E-state index in [1.807, 2.05) is 6.07 Å². The van der Waals surface area contributed by atoms with Crippen LogP contribution in [-0.2, 0) is 13.0 Å². The number of nitrogens with two attached hydrogens (primary N) is 1. The van der Waals surface area contributed by atoms with E-state index in [1.54, 1.807) is 35.0 Å². The first kappa shape index (κ1) is 17.4. The molecule has 2 N–H and O–H groups in total. The summed E-state index contributed by atoms with van der Waals surface area (Å²) in [5, 5.41) is 17.5. The standard InChI is InChI=1S/C19H14FN7O/c20-14-4-2-1-3-12(14)5-7-27-17(15-6-8-28-26-15)9-16(25-27)19-23-11-13(10-21)18(22)24-19/h1-4,6,8-9,11H,5,7H2,(H2,22,23,24). The van der Waals surface area contributed by atoms with E-state index in [0.29, 0.717) is 35.6 Å². The molecule has 0 amide bonds. The number of aryl methyl sites for hydroxylation is 2. The van der Waals surface area contributed by atoms with Gasteiger partial charge in [-0.3, -0.25) is 4.68 Å². The largest absolute Gasteiger partial charge is 0.382 e. The third-order valence-electron chi connectivity index (χ3n) is 4.20. The molecule has 0 spiro atoms. The number of nitriles is 1. The van der Waals surface area contributed by atoms with Crippen molar-refractivity contribution in [3.63, 3.8) is 0 Å². The van der Waals surface area contributed by atoms with Crippen LogP contribution in [0, 0.1) is 17.1 Å². The van der Waals surface area contributed by atoms with Gasteiger partial charge in [0.15, 0.2) is 5.82 Å². The van der Waals surface area contributed by atoms with E-state index in [9.17, 15) is 4.39 Å². The van der Waals surface area contributed by atoms with Crippen molar-refractivity contribution in [3.05, 3.63) is 65.8 Å². The van der Waals surface area contributed by atoms with Gasteiger partial charge in [-0.2, -0.15) is 10.4 Å². The van der Waals surface area contributed by atoms with Crippen LogP contribution in [0.4, 0.5) is 10.2 Å². The minimum absolute atomic E-state index is 0.0800. The average Bonchev–Trinajstić information content (AvgIpc) is 3.37. The van der Waals surface area contributed by atoms with Gasteiger partial charge in [-0.25, -0.2) is 14.4 Å². The van der Waals surface area contributed by atoms with Gasteiger partial charge in [0.1, 0.15) is 40.9 Å². The summed E-state index contributed by atoms with van der Waals surface area (Å²) in [6.07, 6.45) is 3.25. The lowest BCUT2D eigenvalue weighted by molar-refractivity contribution is 0.421. The molecule has 138 valence electrons. The Hall–Kier alpha value is -4.06. The zero-order valence-electron chi connectivity index (χ0n) is 14.6. The number of nitrogens with zero attached hydrogens (tertiary/aromatic N) is 6. The molecule has 0 aliphatic rings. The van der Waals surface area contributed by atoms with Gasteiger partial charge in [0, 0.05) is 12.6 Å². The first-order valence-corrected chi connectivity index (χ1v) is 8.40. The molecular formula is C19H14FN7O. The van der Waals surface area contributed by atoms with E-state index < -0.39 is 0 Å². The fourth-order valence-corrected chi connectivity index (χ4v) is 2.78. The zero-order chi connectivity index (χ0) is 19.5. The summed E-state index contributed by atoms with van der Waals surface area (Å²) in [7, 11) is 0. The molecule has 0 unspecified atom stereocenters. The highest BCUT2D eigenvalue weighted by Crippen LogP contribution is 2.24. The van der Waals surface area contributed by atoms with Crippen LogP contribution in [-0.4, -0.2) is 24.9 Å². The minimum atomic E-state index is -0.263. The second kappa shape index (κ2) is 7.28. The lowest BCUT2D eigenvalue weighted by atomic mass is 10.1. The Kier molecular flexibility index (Phi) is 4.51. The maximum absolute atomic E-state index is 13.9. The first-order valence-electron chi connectivity index (χ1n) is 8.40. The van der Waals surface area contributed by atoms with Crippen LogP contribution in [0.5, 0.6) is 0 Å². The van der Waals surface area contributed by atoms with Gasteiger partial charge in [-0.05, 0) is 24.1 Å². The molecule has 0 bridgehead atoms. The van der Waals surface area contributed by atoms with E-state index >= 15 is 0 Å². The number of hydrogen-bond acceptors (Lipinski definition) is 7. The van der Waals surface area contributed by atoms with Crippen LogP contribution in [0.1, 0.15) is 11.1 Å². The molecule has 4 rings (SSSR count). The number of nitrogen functional groups attached to an aromatic ring is 1. The van der Waals surface area contributed by atoms with Crippen LogP contribution >= 0.6 is 0 Å². The Labute approximate surface area is 159 Å². The summed E-state index contributed by atoms with van der Waals surface area (Å²) < 4.78 is 20.6. The molecule has 3 aromatic heterocycles. The molecule has 0 saturated heterocycles. The van der Waals surface area contributed by atoms with Crippen molar-refractivity contribution in [3.8, 4) is 29.0 Å². The average molecular weight is 375 g/mol. The van der Waals surface area contributed by atoms with Gasteiger partial charge in [-0.15, -0.1) is 0 Å². The highest BCUT2D eigenvalue weighted by atomic mass is 19.1. The lowest BCUT2D eigenvalue weighted by Crippen LogP contribution is -2.07. The number of rotatable bonds is 5. The topological polar surface area (TPSA) is 119 Å². The molecular weight excluding hydrogens is 361 g/mol. The highest BCUT2D eigenvalue weighted by Gasteiger charge is 2.16. The molecule has 3 heterocycles. The van der Waals surface area contributed by atoms with Crippen molar-refractivity contribution in [1.29, 1.82) is 5.26 Å². The highest BCUT2D eigenvalue weighted by molar-refractivity contribution is 5.63. The maximum Gasteiger partial charge on any atom is 0.182 e. The Morgan fingerprint density at radius 1 is 1.21 bits per heavy atom. The zero-order valence-corrected chi connectivity index (χ0v) is 14.6. The molecule has 0 atom stereocenters. The van der Waals surface area contributed by atoms with Crippen molar-refractivity contribution < 1.29 is 8.91 Å². The Morgan fingerprint density at radius 3 is 2.79 bits per heavy atom. The van der Waals surface area contributed by atoms with Gasteiger partial charge in [0.05, 0.1) is 11.9 Å². The van der Waals surface area contributed by atoms with Crippen molar-refractivity contribution >= 4 is 5.82 Å². The van der Waals surface area contributed by atoms with Gasteiger partial charge in [0.25, 0.3) is 0 Å². The summed E-state index contributed by atoms with van der Waals surface area (Å²) in [5.74, 6) is 0.100. The van der Waals surface area contributed by atoms with E-state index in [0.717, 1.165) is 0 Å². The number of aromatic nitrogens is 5. The predicted molar refractivity (Wildman–Crippen MR) is 98.0 cm³/mol. The van der Waals surface area contributed by atoms with Gasteiger partial charge in [0.2, 0.25) is 0 Å². The smallest absolute Gasteiger partial charge is 0.182 e. The molecule has 0 fully saturated rings. The predicted octanol–water partition coefficient (Wildman–Crippen LogP) is 2.83. The summed E-state index contributed by atoms with van der Waals surface area (Å²) in [6.45, 7) is 0.412. The second-order valence-corrected chi connectivity index (χ2v) is 5.97. The van der Waals surface area contributed by atoms with Gasteiger partial charge < -0.3 is 10.3 Å². The molecule has 28 heavy (non-hydrogen) atoms. The Balaban J connectivity index is 1.70. The minimum Gasteiger partial charge on any atom is -0.382 e. The molecule has 0 aliphatic heterocycles. The summed E-state index contributed by atoms with van der Waals surface area (Å²) in [6, 6.07) is 12.0. The Morgan fingerprint density at radius 2 is 2.07 bits per heavy atom. The van der Waals surface area contributed by atoms with Crippen LogP contribution in [0.2, 0.25) is 0 Å². The lowest BCUT2D eigenvalue weighted by Gasteiger charge is -2.06. The molecule has 0 aliphatic carbocycles. The molecule has 4 aromatic rings. The van der Waals surface area contributed by atoms with E-state index in [4.69, 9.17) is 15.5 Å². The van der Waals surface area contributed by atoms with Crippen molar-refractivity contribution in [2.75, 3.05) is 5.73 Å². The van der Waals surface area contributed by atoms with E-state index in [-0.39, 0.29) is 23.0 Å². The van der Waals surface area contributed by atoms with E-state index in [2.05, 4.69) is 20.2 Å². The number of anilines is 1. The van der Waals surface area contributed by atoms with Crippen LogP contribution in [0.25, 0.3) is 22.9 Å². The fraction of sp³-hybridized carbons (Fsp3) is 0.105. The molecule has 8 nitrogen and oxygen atoms in total. The normalized spacial score (nSPS) is 10.7. The molecule has 0 radical (unpaired) electrons. The first-order chi connectivity index (χ1) is 13.7. The number of halogens is 1. The van der Waals surface area contributed by atoms with Crippen molar-refractivity contribution in [2.24, 2.45) is 0 Å². The fourth-order valence-electron chi connectivity index (χ4n) is 2.78. The third kappa shape index (κ3) is 3.31. The third-order valence-corrected chi connectivity index (χ3v) is 4.20. The summed E-state index contributed by atoms with van der Waals surface area (Å²) in [5.41, 5.74) is 8.28. The van der Waals surface area contributed by atoms with E-state index in [1.165, 1.54) is 18.5 Å². The summed E-state index contributed by atoms with van der Waals surface area (Å²) in [4.78, 5) is 8.30. The Bertz CT molecular complexity index is 1160. The van der Waals surface area contributed by atoms with Gasteiger partial charge >= 0.3 is 0 Å². The molecule has 1 aromatic carbocycles. The quantitative estimate of drug-likeness (QED) is 0.569.